The van der Waals surface area contributed by atoms with Crippen molar-refractivity contribution in [2.75, 3.05) is 11.9 Å². The van der Waals surface area contributed by atoms with E-state index in [2.05, 4.69) is 221 Å². The first-order valence-electron chi connectivity index (χ1n) is 23.9. The van der Waals surface area contributed by atoms with Gasteiger partial charge in [0, 0.05) is 40.2 Å². The molecular weight excluding hydrogens is 1020 g/mol. The maximum Gasteiger partial charge on any atom is 2.00 e. The van der Waals surface area contributed by atoms with Gasteiger partial charge in [-0.25, -0.2) is 4.98 Å². The molecule has 0 fully saturated rings. The number of aromatic nitrogens is 4. The fourth-order valence-corrected chi connectivity index (χ4v) is 10.9. The van der Waals surface area contributed by atoms with Crippen LogP contribution in [0.15, 0.2) is 158 Å². The molecule has 1 aliphatic heterocycles. The molecule has 0 spiro atoms. The quantitative estimate of drug-likeness (QED) is 0.123. The molecule has 2 aliphatic rings. The summed E-state index contributed by atoms with van der Waals surface area (Å²) in [6.07, 6.45) is 1.91. The summed E-state index contributed by atoms with van der Waals surface area (Å²) in [6.45, 7) is 15.7. The second-order valence-corrected chi connectivity index (χ2v) is 20.1. The summed E-state index contributed by atoms with van der Waals surface area (Å²) in [7, 11) is 2.23. The molecule has 7 aromatic carbocycles. The van der Waals surface area contributed by atoms with Gasteiger partial charge < -0.3 is 18.6 Å². The van der Waals surface area contributed by atoms with Crippen LogP contribution in [0.25, 0.3) is 83.8 Å². The SMILES string of the molecule is CC(C)c1cccc(C(C)C)c1B1N(C)c2ccc(Oc3[c-]c4c(cc3)c3ccccc3n4-c3cc(C(C)(C)C)ccn3)[c-]c2-c2nc3c(n21)-c1ccccc1-c1ccccc1-c1ccccc1-3.[Pt+2]. The van der Waals surface area contributed by atoms with E-state index in [0.717, 1.165) is 72.8 Å². The maximum atomic E-state index is 6.88. The fraction of sp³-hybridized carbons (Fsp3) is 0.180. The molecule has 12 rings (SSSR count). The van der Waals surface area contributed by atoms with E-state index in [4.69, 9.17) is 14.7 Å². The van der Waals surface area contributed by atoms with Gasteiger partial charge in [0.1, 0.15) is 5.82 Å². The van der Waals surface area contributed by atoms with E-state index in [1.54, 1.807) is 0 Å². The molecule has 340 valence electrons. The van der Waals surface area contributed by atoms with Crippen LogP contribution in [0.5, 0.6) is 11.5 Å². The molecule has 6 nitrogen and oxygen atoms in total. The summed E-state index contributed by atoms with van der Waals surface area (Å²) < 4.78 is 11.6. The van der Waals surface area contributed by atoms with Crippen molar-refractivity contribution in [2.24, 2.45) is 0 Å². The van der Waals surface area contributed by atoms with Gasteiger partial charge >= 0.3 is 28.0 Å². The smallest absolute Gasteiger partial charge is 0.503 e. The molecule has 1 aliphatic carbocycles. The number of hydrogen-bond acceptors (Lipinski definition) is 4. The molecule has 3 aromatic heterocycles. The molecule has 0 bridgehead atoms. The largest absolute Gasteiger partial charge is 2.00 e. The minimum absolute atomic E-state index is 0. The van der Waals surface area contributed by atoms with Crippen LogP contribution in [0.1, 0.15) is 77.0 Å². The summed E-state index contributed by atoms with van der Waals surface area (Å²) in [5.74, 6) is 3.47. The third kappa shape index (κ3) is 7.11. The Morgan fingerprint density at radius 3 is 1.86 bits per heavy atom. The van der Waals surface area contributed by atoms with Crippen LogP contribution in [-0.4, -0.2) is 33.0 Å². The van der Waals surface area contributed by atoms with Crippen molar-refractivity contribution in [2.45, 2.75) is 65.7 Å². The van der Waals surface area contributed by atoms with Crippen LogP contribution in [-0.2, 0) is 26.5 Å². The molecule has 0 saturated heterocycles. The first-order valence-corrected chi connectivity index (χ1v) is 23.9. The first kappa shape index (κ1) is 44.6. The fourth-order valence-electron chi connectivity index (χ4n) is 10.9. The zero-order chi connectivity index (χ0) is 46.6. The molecule has 69 heavy (non-hydrogen) atoms. The molecule has 0 N–H and O–H groups in total. The predicted molar refractivity (Wildman–Crippen MR) is 282 cm³/mol. The maximum absolute atomic E-state index is 6.88. The van der Waals surface area contributed by atoms with E-state index in [1.807, 2.05) is 18.3 Å². The van der Waals surface area contributed by atoms with Crippen molar-refractivity contribution in [1.29, 1.82) is 0 Å². The Labute approximate surface area is 420 Å². The molecule has 0 amide bonds. The van der Waals surface area contributed by atoms with Gasteiger partial charge in [-0.05, 0) is 92.3 Å². The van der Waals surface area contributed by atoms with Crippen LogP contribution in [0.2, 0.25) is 0 Å². The normalized spacial score (nSPS) is 12.7. The summed E-state index contributed by atoms with van der Waals surface area (Å²) in [6, 6.07) is 62.0. The Hall–Kier alpha value is -6.95. The minimum Gasteiger partial charge on any atom is -0.503 e. The minimum atomic E-state index is -0.220. The summed E-state index contributed by atoms with van der Waals surface area (Å²) in [5, 5.41) is 2.22. The second kappa shape index (κ2) is 16.9. The number of pyridine rings is 1. The summed E-state index contributed by atoms with van der Waals surface area (Å²) in [4.78, 5) is 13.2. The number of rotatable bonds is 6. The molecule has 4 heterocycles. The molecule has 0 atom stereocenters. The predicted octanol–water partition coefficient (Wildman–Crippen LogP) is 14.7. The second-order valence-electron chi connectivity index (χ2n) is 20.1. The average molecular weight is 1080 g/mol. The number of ether oxygens (including phenoxy) is 1. The van der Waals surface area contributed by atoms with Crippen LogP contribution in [0, 0.1) is 12.1 Å². The van der Waals surface area contributed by atoms with Crippen molar-refractivity contribution in [3.63, 3.8) is 0 Å². The molecule has 8 heteroatoms. The van der Waals surface area contributed by atoms with Crippen molar-refractivity contribution in [1.82, 2.24) is 19.0 Å². The van der Waals surface area contributed by atoms with E-state index in [-0.39, 0.29) is 33.5 Å². The van der Waals surface area contributed by atoms with E-state index in [0.29, 0.717) is 23.3 Å². The Kier molecular flexibility index (Phi) is 10.9. The Balaban J connectivity index is 0.00000520. The summed E-state index contributed by atoms with van der Waals surface area (Å²) >= 11 is 0. The van der Waals surface area contributed by atoms with Gasteiger partial charge in [0.2, 0.25) is 0 Å². The van der Waals surface area contributed by atoms with E-state index in [9.17, 15) is 0 Å². The van der Waals surface area contributed by atoms with Gasteiger partial charge in [-0.15, -0.1) is 23.6 Å². The van der Waals surface area contributed by atoms with Gasteiger partial charge in [0.25, 0.3) is 0 Å². The number of para-hydroxylation sites is 1. The van der Waals surface area contributed by atoms with Crippen LogP contribution < -0.4 is 15.0 Å². The zero-order valence-electron chi connectivity index (χ0n) is 40.2. The van der Waals surface area contributed by atoms with Crippen LogP contribution in [0.3, 0.4) is 0 Å². The number of fused-ring (bicyclic) bond motifs is 15. The van der Waals surface area contributed by atoms with Gasteiger partial charge in [-0.2, -0.15) is 6.07 Å². The monoisotopic (exact) mass is 1080 g/mol. The van der Waals surface area contributed by atoms with Crippen LogP contribution >= 0.6 is 0 Å². The Bertz CT molecular complexity index is 3630. The van der Waals surface area contributed by atoms with E-state index in [1.165, 1.54) is 38.8 Å². The van der Waals surface area contributed by atoms with Gasteiger partial charge in [0.05, 0.1) is 11.4 Å². The Morgan fingerprint density at radius 2 is 1.19 bits per heavy atom. The van der Waals surface area contributed by atoms with Crippen molar-refractivity contribution >= 4 is 39.9 Å². The standard InChI is InChI=1S/C61H52BN5O.Pt/c1-37(2)42-25-17-26-43(38(3)4)57(42)62-65(8)53-31-29-40(68-41-28-30-49-48-22-15-16-27-54(48)66(55(49)36-41)56-34-39(32-33-63-56)61(5,6)7)35-52(53)60-64-58-50-23-13-11-20-46(50)44-18-9-10-19-45(44)47-21-12-14-24-51(47)59(58)67(60)62;/h9-34,37-38H,1-8H3;/q-2;+2. The van der Waals surface area contributed by atoms with E-state index < -0.39 is 0 Å². The zero-order valence-corrected chi connectivity index (χ0v) is 42.5. The van der Waals surface area contributed by atoms with Crippen molar-refractivity contribution < 1.29 is 25.8 Å². The topological polar surface area (TPSA) is 48.1 Å². The first-order chi connectivity index (χ1) is 33.0. The number of imidazole rings is 1. The molecular formula is C61H52BN5OPt. The molecule has 0 unspecified atom stereocenters. The van der Waals surface area contributed by atoms with Gasteiger partial charge in [-0.3, -0.25) is 4.98 Å². The number of hydrogen-bond donors (Lipinski definition) is 0. The average Bonchev–Trinajstić information content (AvgIpc) is 3.89. The number of nitrogens with zero attached hydrogens (tertiary/aromatic N) is 5. The molecule has 0 radical (unpaired) electrons. The Morgan fingerprint density at radius 1 is 0.609 bits per heavy atom. The van der Waals surface area contributed by atoms with Gasteiger partial charge in [-0.1, -0.05) is 187 Å². The number of anilines is 1. The van der Waals surface area contributed by atoms with E-state index >= 15 is 0 Å². The third-order valence-electron chi connectivity index (χ3n) is 14.2. The molecule has 0 saturated carbocycles. The van der Waals surface area contributed by atoms with Crippen molar-refractivity contribution in [3.05, 3.63) is 187 Å². The summed E-state index contributed by atoms with van der Waals surface area (Å²) in [5.41, 5.74) is 18.1. The molecule has 10 aromatic rings. The van der Waals surface area contributed by atoms with Gasteiger partial charge in [0.15, 0.2) is 0 Å². The van der Waals surface area contributed by atoms with Crippen LogP contribution in [0.4, 0.5) is 5.69 Å². The number of benzene rings is 7. The van der Waals surface area contributed by atoms with Crippen molar-refractivity contribution in [3.8, 4) is 73.5 Å². The third-order valence-corrected chi connectivity index (χ3v) is 14.2.